The van der Waals surface area contributed by atoms with Crippen LogP contribution in [0.4, 0.5) is 0 Å². The molecule has 1 aromatic rings. The summed E-state index contributed by atoms with van der Waals surface area (Å²) in [5, 5.41) is 0.480. The van der Waals surface area contributed by atoms with E-state index in [9.17, 15) is 9.00 Å². The maximum absolute atomic E-state index is 12.6. The first-order valence-corrected chi connectivity index (χ1v) is 9.12. The summed E-state index contributed by atoms with van der Waals surface area (Å²) < 4.78 is 22.5. The maximum atomic E-state index is 12.6. The SMILES string of the molecule is COCCOc1ccc(C(=O)C2CC3CCC(C2)S3=O)cc1. The summed E-state index contributed by atoms with van der Waals surface area (Å²) in [6, 6.07) is 7.33. The van der Waals surface area contributed by atoms with E-state index in [1.807, 2.05) is 24.3 Å². The number of hydrogen-bond donors (Lipinski definition) is 0. The Hall–Kier alpha value is -1.20. The Morgan fingerprint density at radius 2 is 1.77 bits per heavy atom. The van der Waals surface area contributed by atoms with Crippen molar-refractivity contribution in [3.63, 3.8) is 0 Å². The summed E-state index contributed by atoms with van der Waals surface area (Å²) in [5.74, 6) is 0.978. The van der Waals surface area contributed by atoms with Crippen molar-refractivity contribution in [1.29, 1.82) is 0 Å². The third-order valence-electron chi connectivity index (χ3n) is 4.63. The number of methoxy groups -OCH3 is 1. The van der Waals surface area contributed by atoms with Gasteiger partial charge in [0, 0.05) is 39.9 Å². The third kappa shape index (κ3) is 3.25. The Morgan fingerprint density at radius 1 is 1.14 bits per heavy atom. The number of rotatable bonds is 6. The minimum atomic E-state index is -0.705. The van der Waals surface area contributed by atoms with Gasteiger partial charge < -0.3 is 9.47 Å². The van der Waals surface area contributed by atoms with Crippen molar-refractivity contribution in [3.05, 3.63) is 29.8 Å². The van der Waals surface area contributed by atoms with Gasteiger partial charge in [0.25, 0.3) is 0 Å². The zero-order valence-corrected chi connectivity index (χ0v) is 13.6. The molecule has 2 bridgehead atoms. The number of ether oxygens (including phenoxy) is 2. The van der Waals surface area contributed by atoms with Gasteiger partial charge in [-0.15, -0.1) is 0 Å². The van der Waals surface area contributed by atoms with Crippen LogP contribution in [0.25, 0.3) is 0 Å². The third-order valence-corrected chi connectivity index (χ3v) is 6.80. The fraction of sp³-hybridized carbons (Fsp3) is 0.588. The van der Waals surface area contributed by atoms with E-state index in [0.29, 0.717) is 13.2 Å². The zero-order chi connectivity index (χ0) is 15.5. The molecule has 2 saturated heterocycles. The van der Waals surface area contributed by atoms with Crippen LogP contribution >= 0.6 is 0 Å². The smallest absolute Gasteiger partial charge is 0.166 e. The van der Waals surface area contributed by atoms with E-state index in [1.165, 1.54) is 0 Å². The van der Waals surface area contributed by atoms with Crippen molar-refractivity contribution in [3.8, 4) is 5.75 Å². The monoisotopic (exact) mass is 322 g/mol. The minimum Gasteiger partial charge on any atom is -0.491 e. The number of carbonyl (C=O) groups excluding carboxylic acids is 1. The maximum Gasteiger partial charge on any atom is 0.166 e. The molecular formula is C17H22O4S. The van der Waals surface area contributed by atoms with Crippen LogP contribution in [0.1, 0.15) is 36.0 Å². The number of ketones is 1. The van der Waals surface area contributed by atoms with Crippen molar-refractivity contribution in [2.24, 2.45) is 5.92 Å². The predicted molar refractivity (Wildman–Crippen MR) is 85.8 cm³/mol. The zero-order valence-electron chi connectivity index (χ0n) is 12.8. The Labute approximate surface area is 133 Å². The largest absolute Gasteiger partial charge is 0.491 e. The molecule has 0 radical (unpaired) electrons. The predicted octanol–water partition coefficient (Wildman–Crippen LogP) is 2.58. The molecule has 0 aliphatic carbocycles. The van der Waals surface area contributed by atoms with Gasteiger partial charge in [-0.3, -0.25) is 9.00 Å². The normalized spacial score (nSPS) is 30.2. The molecule has 1 aromatic carbocycles. The van der Waals surface area contributed by atoms with E-state index in [2.05, 4.69) is 0 Å². The molecule has 0 amide bonds. The average molecular weight is 322 g/mol. The van der Waals surface area contributed by atoms with Crippen LogP contribution in [-0.4, -0.2) is 40.8 Å². The summed E-state index contributed by atoms with van der Waals surface area (Å²) >= 11 is 0. The van der Waals surface area contributed by atoms with Gasteiger partial charge in [-0.1, -0.05) is 0 Å². The Bertz CT molecular complexity index is 538. The summed E-state index contributed by atoms with van der Waals surface area (Å²) in [6.45, 7) is 1.05. The Balaban J connectivity index is 1.62. The standard InChI is InChI=1S/C17H22O4S/c1-20-8-9-21-14-4-2-12(3-5-14)17(18)13-10-15-6-7-16(11-13)22(15)19/h2-5,13,15-16H,6-11H2,1H3. The highest BCUT2D eigenvalue weighted by atomic mass is 32.2. The summed E-state index contributed by atoms with van der Waals surface area (Å²) in [4.78, 5) is 12.6. The lowest BCUT2D eigenvalue weighted by Crippen LogP contribution is -2.32. The fourth-order valence-corrected chi connectivity index (χ4v) is 5.57. The molecule has 2 heterocycles. The Kier molecular flexibility index (Phi) is 4.93. The molecule has 22 heavy (non-hydrogen) atoms. The van der Waals surface area contributed by atoms with Crippen molar-refractivity contribution in [2.45, 2.75) is 36.2 Å². The quantitative estimate of drug-likeness (QED) is 0.597. The molecule has 2 aliphatic rings. The van der Waals surface area contributed by atoms with Crippen LogP contribution < -0.4 is 4.74 Å². The van der Waals surface area contributed by atoms with Crippen LogP contribution in [0.2, 0.25) is 0 Å². The van der Waals surface area contributed by atoms with Crippen LogP contribution in [0.15, 0.2) is 24.3 Å². The van der Waals surface area contributed by atoms with Crippen LogP contribution in [0.5, 0.6) is 5.75 Å². The molecule has 120 valence electrons. The average Bonchev–Trinajstić information content (AvgIpc) is 2.76. The van der Waals surface area contributed by atoms with E-state index in [-0.39, 0.29) is 22.2 Å². The van der Waals surface area contributed by atoms with E-state index >= 15 is 0 Å². The highest BCUT2D eigenvalue weighted by Crippen LogP contribution is 2.39. The van der Waals surface area contributed by atoms with Gasteiger partial charge in [0.05, 0.1) is 6.61 Å². The number of Topliss-reactive ketones (excluding diaryl/α,β-unsaturated/α-hetero) is 1. The number of benzene rings is 1. The molecule has 4 nitrogen and oxygen atoms in total. The summed E-state index contributed by atoms with van der Waals surface area (Å²) in [7, 11) is 0.930. The van der Waals surface area contributed by atoms with Crippen LogP contribution in [-0.2, 0) is 15.5 Å². The van der Waals surface area contributed by atoms with Gasteiger partial charge in [-0.05, 0) is 49.9 Å². The number of fused-ring (bicyclic) bond motifs is 2. The summed E-state index contributed by atoms with van der Waals surface area (Å²) in [6.07, 6.45) is 3.61. The topological polar surface area (TPSA) is 52.6 Å². The lowest BCUT2D eigenvalue weighted by molar-refractivity contribution is 0.0906. The molecular weight excluding hydrogens is 300 g/mol. The number of carbonyl (C=O) groups is 1. The van der Waals surface area contributed by atoms with Crippen molar-refractivity contribution < 1.29 is 18.5 Å². The van der Waals surface area contributed by atoms with Crippen LogP contribution in [0.3, 0.4) is 0 Å². The first-order chi connectivity index (χ1) is 10.7. The van der Waals surface area contributed by atoms with Gasteiger partial charge in [0.1, 0.15) is 12.4 Å². The van der Waals surface area contributed by atoms with Crippen molar-refractivity contribution in [2.75, 3.05) is 20.3 Å². The second-order valence-electron chi connectivity index (χ2n) is 6.05. The van der Waals surface area contributed by atoms with E-state index < -0.39 is 10.8 Å². The first kappa shape index (κ1) is 15.7. The van der Waals surface area contributed by atoms with Gasteiger partial charge in [0.15, 0.2) is 5.78 Å². The minimum absolute atomic E-state index is 0.0375. The number of hydrogen-bond acceptors (Lipinski definition) is 4. The van der Waals surface area contributed by atoms with Gasteiger partial charge >= 0.3 is 0 Å². The van der Waals surface area contributed by atoms with Gasteiger partial charge in [-0.25, -0.2) is 0 Å². The lowest BCUT2D eigenvalue weighted by Gasteiger charge is -2.26. The summed E-state index contributed by atoms with van der Waals surface area (Å²) in [5.41, 5.74) is 0.733. The van der Waals surface area contributed by atoms with E-state index in [0.717, 1.165) is 37.0 Å². The molecule has 0 spiro atoms. The second kappa shape index (κ2) is 6.92. The molecule has 5 heteroatoms. The lowest BCUT2D eigenvalue weighted by atomic mass is 9.90. The first-order valence-electron chi connectivity index (χ1n) is 7.84. The van der Waals surface area contributed by atoms with Crippen molar-refractivity contribution >= 4 is 16.6 Å². The highest BCUT2D eigenvalue weighted by Gasteiger charge is 2.42. The fourth-order valence-electron chi connectivity index (χ4n) is 3.44. The second-order valence-corrected chi connectivity index (χ2v) is 8.04. The van der Waals surface area contributed by atoms with Gasteiger partial charge in [-0.2, -0.15) is 0 Å². The van der Waals surface area contributed by atoms with E-state index in [1.54, 1.807) is 7.11 Å². The molecule has 2 aliphatic heterocycles. The molecule has 0 aromatic heterocycles. The molecule has 0 N–H and O–H groups in total. The van der Waals surface area contributed by atoms with Crippen LogP contribution in [0, 0.1) is 5.92 Å². The molecule has 0 saturated carbocycles. The molecule has 2 fully saturated rings. The molecule has 3 rings (SSSR count). The molecule has 2 atom stereocenters. The van der Waals surface area contributed by atoms with Crippen molar-refractivity contribution in [1.82, 2.24) is 0 Å². The van der Waals surface area contributed by atoms with E-state index in [4.69, 9.17) is 9.47 Å². The Morgan fingerprint density at radius 3 is 2.36 bits per heavy atom. The highest BCUT2D eigenvalue weighted by molar-refractivity contribution is 7.86. The van der Waals surface area contributed by atoms with Gasteiger partial charge in [0.2, 0.25) is 0 Å². The molecule has 2 unspecified atom stereocenters.